The SMILES string of the molecule is CC[C@@H](C)[C@@H]([C@@H](CC(=O)N1CCC[C@H]1[C@H](OC)[C@@H](C)C(=O)N[C@@H](Cc1ccccc1)C(=O)O)OC)N(C)C(=O)[C@@H](NC(=O)C(C(C)C)N(C)C(=O)CCCCCN1C(=O)C=C(Br)C1=O)C(C)C. The number of methoxy groups -OCH3 is 2. The van der Waals surface area contributed by atoms with Crippen LogP contribution >= 0.6 is 15.9 Å². The van der Waals surface area contributed by atoms with Gasteiger partial charge in [0.05, 0.1) is 41.1 Å². The van der Waals surface area contributed by atoms with Crippen molar-refractivity contribution in [1.82, 2.24) is 30.2 Å². The summed E-state index contributed by atoms with van der Waals surface area (Å²) in [7, 11) is 6.20. The fourth-order valence-electron chi connectivity index (χ4n) is 9.30. The summed E-state index contributed by atoms with van der Waals surface area (Å²) in [6.07, 6.45) is 3.40. The molecule has 9 atom stereocenters. The van der Waals surface area contributed by atoms with Gasteiger partial charge in [-0.15, -0.1) is 0 Å². The lowest BCUT2D eigenvalue weighted by Crippen LogP contribution is -2.60. The number of amides is 7. The summed E-state index contributed by atoms with van der Waals surface area (Å²) in [6.45, 7) is 13.6. The molecule has 1 aromatic carbocycles. The van der Waals surface area contributed by atoms with Gasteiger partial charge in [0, 0.05) is 60.3 Å². The second-order valence-electron chi connectivity index (χ2n) is 18.7. The van der Waals surface area contributed by atoms with E-state index in [9.17, 15) is 43.5 Å². The van der Waals surface area contributed by atoms with E-state index in [1.165, 1.54) is 25.2 Å². The maximum Gasteiger partial charge on any atom is 0.326 e. The summed E-state index contributed by atoms with van der Waals surface area (Å²) in [5.41, 5.74) is 0.762. The number of aliphatic carboxylic acids is 1. The predicted molar refractivity (Wildman–Crippen MR) is 256 cm³/mol. The zero-order valence-corrected chi connectivity index (χ0v) is 42.9. The third kappa shape index (κ3) is 15.2. The lowest BCUT2D eigenvalue weighted by atomic mass is 9.89. The van der Waals surface area contributed by atoms with E-state index in [1.54, 1.807) is 55.1 Å². The standard InChI is InChI=1S/C49H75BrN6O11/c1-12-31(6)43(37(66-10)28-40(59)55-25-19-22-36(55)44(67-11)32(7)45(60)51-35(49(64)65)26-33-20-15-13-16-21-33)54(9)48(63)41(29(2)3)52-46(61)42(30(4)5)53(8)38(57)23-17-14-18-24-56-39(58)27-34(50)47(56)62/h13,15-16,20-21,27,29-32,35-37,41-44H,12,14,17-19,22-26,28H2,1-11H3,(H,51,60)(H,52,61)(H,64,65)/t31-,32-,35+,36+,37-,41+,42?,43+,44-/m1/s1. The van der Waals surface area contributed by atoms with Crippen LogP contribution in [0.15, 0.2) is 40.9 Å². The Labute approximate surface area is 405 Å². The molecule has 1 aromatic rings. The van der Waals surface area contributed by atoms with E-state index in [2.05, 4.69) is 26.6 Å². The Bertz CT molecular complexity index is 1910. The minimum atomic E-state index is -1.16. The molecular weight excluding hydrogens is 928 g/mol. The molecule has 0 saturated carbocycles. The Hall–Kier alpha value is -4.68. The summed E-state index contributed by atoms with van der Waals surface area (Å²) < 4.78 is 12.1. The van der Waals surface area contributed by atoms with Crippen LogP contribution in [0.5, 0.6) is 0 Å². The summed E-state index contributed by atoms with van der Waals surface area (Å²) in [4.78, 5) is 112. The Balaban J connectivity index is 1.71. The molecule has 2 heterocycles. The first-order chi connectivity index (χ1) is 31.6. The number of likely N-dealkylation sites (tertiary alicyclic amines) is 1. The minimum absolute atomic E-state index is 0.0840. The fraction of sp³-hybridized carbons (Fsp3) is 0.673. The number of ether oxygens (including phenoxy) is 2. The second kappa shape index (κ2) is 26.8. The molecule has 2 aliphatic heterocycles. The van der Waals surface area contributed by atoms with Crippen LogP contribution in [0, 0.1) is 23.7 Å². The van der Waals surface area contributed by atoms with Crippen molar-refractivity contribution in [2.24, 2.45) is 23.7 Å². The average Bonchev–Trinajstić information content (AvgIpc) is 3.87. The van der Waals surface area contributed by atoms with Crippen LogP contribution in [0.3, 0.4) is 0 Å². The number of rotatable bonds is 27. The monoisotopic (exact) mass is 1000 g/mol. The summed E-state index contributed by atoms with van der Waals surface area (Å²) in [5, 5.41) is 15.6. The van der Waals surface area contributed by atoms with Crippen LogP contribution in [-0.2, 0) is 54.3 Å². The van der Waals surface area contributed by atoms with E-state index >= 15 is 0 Å². The van der Waals surface area contributed by atoms with Crippen molar-refractivity contribution in [2.75, 3.05) is 41.4 Å². The quantitative estimate of drug-likeness (QED) is 0.0822. The molecule has 7 amide bonds. The van der Waals surface area contributed by atoms with Crippen molar-refractivity contribution in [3.8, 4) is 0 Å². The molecule has 374 valence electrons. The van der Waals surface area contributed by atoms with Gasteiger partial charge < -0.3 is 39.9 Å². The van der Waals surface area contributed by atoms with Crippen molar-refractivity contribution in [2.45, 2.75) is 149 Å². The van der Waals surface area contributed by atoms with Crippen LogP contribution in [0.4, 0.5) is 0 Å². The first kappa shape index (κ1) is 56.6. The Morgan fingerprint density at radius 1 is 0.881 bits per heavy atom. The van der Waals surface area contributed by atoms with Gasteiger partial charge >= 0.3 is 5.97 Å². The van der Waals surface area contributed by atoms with Gasteiger partial charge in [0.1, 0.15) is 18.1 Å². The van der Waals surface area contributed by atoms with Gasteiger partial charge in [0.15, 0.2) is 0 Å². The van der Waals surface area contributed by atoms with Crippen molar-refractivity contribution < 1.29 is 52.9 Å². The summed E-state index contributed by atoms with van der Waals surface area (Å²) in [6, 6.07) is 4.95. The molecular formula is C49H75BrN6O11. The highest BCUT2D eigenvalue weighted by molar-refractivity contribution is 9.12. The van der Waals surface area contributed by atoms with E-state index in [4.69, 9.17) is 9.47 Å². The number of carboxylic acids is 1. The van der Waals surface area contributed by atoms with Gasteiger partial charge in [-0.05, 0) is 64.9 Å². The molecule has 0 spiro atoms. The van der Waals surface area contributed by atoms with Crippen LogP contribution in [0.1, 0.15) is 105 Å². The van der Waals surface area contributed by atoms with Crippen LogP contribution < -0.4 is 10.6 Å². The number of unbranched alkanes of at least 4 members (excludes halogenated alkanes) is 2. The molecule has 2 aliphatic rings. The number of nitrogens with zero attached hydrogens (tertiary/aromatic N) is 4. The van der Waals surface area contributed by atoms with Crippen molar-refractivity contribution in [3.05, 3.63) is 46.5 Å². The highest BCUT2D eigenvalue weighted by Gasteiger charge is 2.44. The molecule has 1 saturated heterocycles. The van der Waals surface area contributed by atoms with E-state index in [1.807, 2.05) is 47.6 Å². The van der Waals surface area contributed by atoms with E-state index in [-0.39, 0.29) is 77.6 Å². The Morgan fingerprint density at radius 3 is 2.07 bits per heavy atom. The molecule has 0 aromatic heterocycles. The number of carbonyl (C=O) groups is 8. The van der Waals surface area contributed by atoms with Crippen LogP contribution in [-0.4, -0.2) is 156 Å². The maximum atomic E-state index is 14.6. The molecule has 0 bridgehead atoms. The summed E-state index contributed by atoms with van der Waals surface area (Å²) >= 11 is 3.09. The molecule has 0 radical (unpaired) electrons. The first-order valence-corrected chi connectivity index (χ1v) is 24.4. The number of halogens is 1. The Kier molecular flexibility index (Phi) is 22.6. The van der Waals surface area contributed by atoms with Gasteiger partial charge in [0.25, 0.3) is 11.8 Å². The number of carboxylic acid groups (broad SMARTS) is 1. The van der Waals surface area contributed by atoms with Crippen molar-refractivity contribution in [3.63, 3.8) is 0 Å². The smallest absolute Gasteiger partial charge is 0.326 e. The number of benzene rings is 1. The second-order valence-corrected chi connectivity index (χ2v) is 19.6. The molecule has 0 aliphatic carbocycles. The van der Waals surface area contributed by atoms with Gasteiger partial charge in [-0.3, -0.25) is 38.5 Å². The number of likely N-dealkylation sites (N-methyl/N-ethyl adjacent to an activating group) is 2. The number of nitrogens with one attached hydrogen (secondary N) is 2. The topological polar surface area (TPSA) is 212 Å². The van der Waals surface area contributed by atoms with E-state index < -0.39 is 66.1 Å². The number of imide groups is 1. The molecule has 18 heteroatoms. The lowest BCUT2D eigenvalue weighted by Gasteiger charge is -2.41. The summed E-state index contributed by atoms with van der Waals surface area (Å²) in [5.74, 6) is -5.34. The molecule has 1 fully saturated rings. The third-order valence-electron chi connectivity index (χ3n) is 13.3. The van der Waals surface area contributed by atoms with Crippen molar-refractivity contribution >= 4 is 63.2 Å². The van der Waals surface area contributed by atoms with Gasteiger partial charge in [-0.2, -0.15) is 0 Å². The van der Waals surface area contributed by atoms with Gasteiger partial charge in [-0.25, -0.2) is 4.79 Å². The number of hydrogen-bond acceptors (Lipinski definition) is 10. The van der Waals surface area contributed by atoms with E-state index in [0.29, 0.717) is 45.1 Å². The largest absolute Gasteiger partial charge is 0.480 e. The van der Waals surface area contributed by atoms with Gasteiger partial charge in [0.2, 0.25) is 29.5 Å². The zero-order chi connectivity index (χ0) is 50.3. The Morgan fingerprint density at radius 2 is 1.54 bits per heavy atom. The average molecular weight is 1000 g/mol. The predicted octanol–water partition coefficient (Wildman–Crippen LogP) is 4.55. The van der Waals surface area contributed by atoms with Crippen LogP contribution in [0.2, 0.25) is 0 Å². The first-order valence-electron chi connectivity index (χ1n) is 23.6. The zero-order valence-electron chi connectivity index (χ0n) is 41.3. The van der Waals surface area contributed by atoms with E-state index in [0.717, 1.165) is 10.5 Å². The van der Waals surface area contributed by atoms with Gasteiger partial charge in [-0.1, -0.05) is 91.6 Å². The van der Waals surface area contributed by atoms with Crippen molar-refractivity contribution in [1.29, 1.82) is 0 Å². The maximum absolute atomic E-state index is 14.6. The fourth-order valence-corrected chi connectivity index (χ4v) is 9.71. The molecule has 1 unspecified atom stereocenters. The minimum Gasteiger partial charge on any atom is -0.480 e. The highest BCUT2D eigenvalue weighted by atomic mass is 79.9. The molecule has 3 N–H and O–H groups in total. The normalized spacial score (nSPS) is 18.7. The molecule has 17 nitrogen and oxygen atoms in total. The van der Waals surface area contributed by atoms with Crippen LogP contribution in [0.25, 0.3) is 0 Å². The number of carbonyl (C=O) groups excluding carboxylic acids is 7. The lowest BCUT2D eigenvalue weighted by molar-refractivity contribution is -0.149. The molecule has 67 heavy (non-hydrogen) atoms. The third-order valence-corrected chi connectivity index (χ3v) is 13.9. The molecule has 3 rings (SSSR count). The highest BCUT2D eigenvalue weighted by Crippen LogP contribution is 2.30. The number of hydrogen-bond donors (Lipinski definition) is 3.